The molecular formula is CH3BF4. The van der Waals surface area contributed by atoms with Crippen molar-refractivity contribution < 1.29 is 17.3 Å². The third-order valence-corrected chi connectivity index (χ3v) is 0. The minimum absolute atomic E-state index is 0.500. The van der Waals surface area contributed by atoms with E-state index in [1.165, 1.54) is 0 Å². The number of rotatable bonds is 0. The summed E-state index contributed by atoms with van der Waals surface area (Å²) in [6.45, 7) is 0. The first-order chi connectivity index (χ1) is 2.73. The number of hydrogen-bond donors (Lipinski definition) is 0. The van der Waals surface area contributed by atoms with Crippen LogP contribution in [-0.2, 0) is 0 Å². The highest BCUT2D eigenvalue weighted by atomic mass is 19.4. The predicted molar refractivity (Wildman–Crippen MR) is 16.1 cm³/mol. The van der Waals surface area contributed by atoms with Crippen molar-refractivity contribution in [3.8, 4) is 0 Å². The van der Waals surface area contributed by atoms with Crippen LogP contribution in [0.4, 0.5) is 17.3 Å². The summed E-state index contributed by atoms with van der Waals surface area (Å²) in [6.07, 6.45) is 0. The van der Waals surface area contributed by atoms with Crippen LogP contribution in [0.3, 0.4) is 0 Å². The molecule has 0 spiro atoms. The van der Waals surface area contributed by atoms with Crippen LogP contribution in [0.15, 0.2) is 0 Å². The lowest BCUT2D eigenvalue weighted by Crippen LogP contribution is -1.76. The number of halogens is 4. The predicted octanol–water partition coefficient (Wildman–Crippen LogP) is 1.47. The highest BCUT2D eigenvalue weighted by Crippen LogP contribution is 1.80. The van der Waals surface area contributed by atoms with Gasteiger partial charge in [0.25, 0.3) is 0 Å². The quantitative estimate of drug-likeness (QED) is 0.320. The van der Waals surface area contributed by atoms with E-state index < -0.39 is 7.54 Å². The molecule has 0 aromatic carbocycles. The summed E-state index contributed by atoms with van der Waals surface area (Å²) >= 11 is 0. The molecule has 0 aliphatic heterocycles. The Balaban J connectivity index is 0. The van der Waals surface area contributed by atoms with Gasteiger partial charge in [0.15, 0.2) is 0 Å². The summed E-state index contributed by atoms with van der Waals surface area (Å²) in [7, 11) is -3.17. The van der Waals surface area contributed by atoms with Crippen molar-refractivity contribution in [1.29, 1.82) is 0 Å². The fourth-order valence-corrected chi connectivity index (χ4v) is 0. The molecule has 0 rings (SSSR count). The molecule has 0 heterocycles. The van der Waals surface area contributed by atoms with Gasteiger partial charge in [-0.1, -0.05) is 0 Å². The molecule has 0 bridgehead atoms. The van der Waals surface area contributed by atoms with Gasteiger partial charge in [0.1, 0.15) is 0 Å². The maximum absolute atomic E-state index is 9.67. The molecule has 0 atom stereocenters. The van der Waals surface area contributed by atoms with Crippen LogP contribution in [0, 0.1) is 0 Å². The number of hydrogen-bond acceptors (Lipinski definition) is 0. The smallest absolute Gasteiger partial charge is 0.255 e. The van der Waals surface area contributed by atoms with Crippen LogP contribution in [0.25, 0.3) is 0 Å². The summed E-state index contributed by atoms with van der Waals surface area (Å²) < 4.78 is 38.5. The van der Waals surface area contributed by atoms with E-state index >= 15 is 0 Å². The van der Waals surface area contributed by atoms with Gasteiger partial charge in [0.2, 0.25) is 0 Å². The second-order valence-electron chi connectivity index (χ2n) is 0.247. The van der Waals surface area contributed by atoms with Gasteiger partial charge in [0, 0.05) is 0 Å². The maximum atomic E-state index is 9.67. The van der Waals surface area contributed by atoms with E-state index in [9.17, 15) is 17.3 Å². The van der Waals surface area contributed by atoms with Gasteiger partial charge in [-0.3, -0.25) is 17.3 Å². The van der Waals surface area contributed by atoms with E-state index in [0.717, 1.165) is 0 Å². The van der Waals surface area contributed by atoms with E-state index in [1.807, 2.05) is 0 Å². The first kappa shape index (κ1) is 9.25. The fourth-order valence-electron chi connectivity index (χ4n) is 0. The van der Waals surface area contributed by atoms with Crippen LogP contribution in [0.5, 0.6) is 0 Å². The Morgan fingerprint density at radius 1 is 1.00 bits per heavy atom. The van der Waals surface area contributed by atoms with E-state index in [0.29, 0.717) is 7.18 Å². The lowest BCUT2D eigenvalue weighted by atomic mass is 10.5. The van der Waals surface area contributed by atoms with Crippen LogP contribution in [0.1, 0.15) is 0 Å². The zero-order valence-corrected chi connectivity index (χ0v) is 3.09. The molecule has 0 saturated heterocycles. The first-order valence-electron chi connectivity index (χ1n) is 1.03. The van der Waals surface area contributed by atoms with E-state index in [4.69, 9.17) is 0 Å². The minimum atomic E-state index is -3.67. The Morgan fingerprint density at radius 3 is 1.00 bits per heavy atom. The molecule has 0 saturated carbocycles. The van der Waals surface area contributed by atoms with Gasteiger partial charge in [-0.05, 0) is 0 Å². The van der Waals surface area contributed by atoms with Crippen molar-refractivity contribution >= 4 is 7.54 Å². The highest BCUT2D eigenvalue weighted by Gasteiger charge is 2.06. The monoisotopic (exact) mass is 102 g/mol. The third kappa shape index (κ3) is 635. The van der Waals surface area contributed by atoms with Crippen LogP contribution < -0.4 is 0 Å². The molecule has 0 aliphatic carbocycles. The lowest BCUT2D eigenvalue weighted by molar-refractivity contribution is 0.535. The molecule has 0 amide bonds. The van der Waals surface area contributed by atoms with Crippen molar-refractivity contribution in [1.82, 2.24) is 0 Å². The lowest BCUT2D eigenvalue weighted by Gasteiger charge is -1.55. The largest absolute Gasteiger partial charge is 0.762 e. The van der Waals surface area contributed by atoms with Crippen molar-refractivity contribution in [3.63, 3.8) is 0 Å². The van der Waals surface area contributed by atoms with Gasteiger partial charge in [-0.2, -0.15) is 0 Å². The Hall–Kier alpha value is -0.215. The van der Waals surface area contributed by atoms with Gasteiger partial charge < -0.3 is 0 Å². The van der Waals surface area contributed by atoms with Gasteiger partial charge >= 0.3 is 7.54 Å². The summed E-state index contributed by atoms with van der Waals surface area (Å²) in [6, 6.07) is 0. The molecule has 0 unspecified atom stereocenters. The highest BCUT2D eigenvalue weighted by molar-refractivity contribution is 6.33. The van der Waals surface area contributed by atoms with Gasteiger partial charge in [0.05, 0.1) is 7.18 Å². The van der Waals surface area contributed by atoms with Gasteiger partial charge in [-0.25, -0.2) is 0 Å². The third-order valence-electron chi connectivity index (χ3n) is 0. The standard InChI is InChI=1S/CH3F.BF3/c1-2;2-1(3)4/h1H3;. The van der Waals surface area contributed by atoms with Gasteiger partial charge in [-0.15, -0.1) is 0 Å². The molecule has 5 heteroatoms. The number of alkyl halides is 1. The molecule has 0 aliphatic rings. The van der Waals surface area contributed by atoms with Crippen molar-refractivity contribution in [2.24, 2.45) is 0 Å². The zero-order valence-electron chi connectivity index (χ0n) is 3.09. The summed E-state index contributed by atoms with van der Waals surface area (Å²) in [5.41, 5.74) is 0. The molecule has 0 aromatic heterocycles. The van der Waals surface area contributed by atoms with Crippen LogP contribution in [0.2, 0.25) is 0 Å². The Bertz CT molecular complexity index is 12.3. The average Bonchev–Trinajstić information content (AvgIpc) is 1.41. The maximum Gasteiger partial charge on any atom is 0.762 e. The molecule has 0 nitrogen and oxygen atoms in total. The molecule has 0 N–H and O–H groups in total. The molecule has 38 valence electrons. The second-order valence-corrected chi connectivity index (χ2v) is 0.247. The Kier molecular flexibility index (Phi) is 13.6. The van der Waals surface area contributed by atoms with E-state index in [1.54, 1.807) is 0 Å². The molecule has 6 heavy (non-hydrogen) atoms. The topological polar surface area (TPSA) is 0 Å². The normalized spacial score (nSPS) is 5.50. The molecular weight excluding hydrogens is 98.8 g/mol. The first-order valence-corrected chi connectivity index (χ1v) is 1.03. The summed E-state index contributed by atoms with van der Waals surface area (Å²) in [4.78, 5) is 0. The molecule has 0 fully saturated rings. The van der Waals surface area contributed by atoms with E-state index in [-0.39, 0.29) is 0 Å². The Morgan fingerprint density at radius 2 is 1.00 bits per heavy atom. The average molecular weight is 102 g/mol. The fraction of sp³-hybridized carbons (Fsp3) is 1.00. The van der Waals surface area contributed by atoms with E-state index in [2.05, 4.69) is 0 Å². The SMILES string of the molecule is CF.FB(F)F. The second kappa shape index (κ2) is 8.84. The van der Waals surface area contributed by atoms with Crippen LogP contribution >= 0.6 is 0 Å². The van der Waals surface area contributed by atoms with Crippen molar-refractivity contribution in [3.05, 3.63) is 0 Å². The molecule has 0 aromatic rings. The molecule has 0 radical (unpaired) electrons. The summed E-state index contributed by atoms with van der Waals surface area (Å²) in [5.74, 6) is 0. The van der Waals surface area contributed by atoms with Crippen molar-refractivity contribution in [2.45, 2.75) is 0 Å². The summed E-state index contributed by atoms with van der Waals surface area (Å²) in [5, 5.41) is 0. The zero-order chi connectivity index (χ0) is 5.58. The Labute approximate surface area is 33.4 Å². The van der Waals surface area contributed by atoms with Crippen LogP contribution in [-0.4, -0.2) is 14.7 Å². The minimum Gasteiger partial charge on any atom is -0.255 e. The van der Waals surface area contributed by atoms with Crippen molar-refractivity contribution in [2.75, 3.05) is 7.18 Å².